The van der Waals surface area contributed by atoms with Crippen LogP contribution in [-0.2, 0) is 9.59 Å². The lowest BCUT2D eigenvalue weighted by Crippen LogP contribution is -2.48. The van der Waals surface area contributed by atoms with Gasteiger partial charge in [0.1, 0.15) is 5.82 Å². The van der Waals surface area contributed by atoms with Crippen molar-refractivity contribution in [1.29, 1.82) is 0 Å². The second kappa shape index (κ2) is 6.83. The fourth-order valence-electron chi connectivity index (χ4n) is 1.74. The molecule has 0 unspecified atom stereocenters. The summed E-state index contributed by atoms with van der Waals surface area (Å²) in [4.78, 5) is 34.0. The minimum Gasteiger partial charge on any atom is -0.481 e. The van der Waals surface area contributed by atoms with Crippen LogP contribution in [0.25, 0.3) is 0 Å². The monoisotopic (exact) mass is 296 g/mol. The van der Waals surface area contributed by atoms with Gasteiger partial charge < -0.3 is 15.7 Å². The van der Waals surface area contributed by atoms with Crippen molar-refractivity contribution in [3.63, 3.8) is 0 Å². The molecule has 0 radical (unpaired) electrons. The molecule has 0 aliphatic heterocycles. The number of carbonyl (C=O) groups excluding carboxylic acids is 2. The van der Waals surface area contributed by atoms with E-state index in [9.17, 15) is 18.8 Å². The normalized spacial score (nSPS) is 10.8. The number of aliphatic carboxylic acids is 1. The van der Waals surface area contributed by atoms with E-state index in [4.69, 9.17) is 5.11 Å². The lowest BCUT2D eigenvalue weighted by molar-refractivity contribution is -0.138. The van der Waals surface area contributed by atoms with Gasteiger partial charge in [-0.2, -0.15) is 0 Å². The van der Waals surface area contributed by atoms with Crippen LogP contribution in [-0.4, -0.2) is 35.0 Å². The predicted molar refractivity (Wildman–Crippen MR) is 73.2 cm³/mol. The summed E-state index contributed by atoms with van der Waals surface area (Å²) in [7, 11) is 0. The Balaban J connectivity index is 2.50. The Morgan fingerprint density at radius 3 is 2.52 bits per heavy atom. The van der Waals surface area contributed by atoms with Crippen molar-refractivity contribution in [2.45, 2.75) is 25.8 Å². The van der Waals surface area contributed by atoms with E-state index in [-0.39, 0.29) is 18.5 Å². The van der Waals surface area contributed by atoms with E-state index in [1.807, 2.05) is 0 Å². The van der Waals surface area contributed by atoms with Crippen molar-refractivity contribution in [1.82, 2.24) is 10.6 Å². The fourth-order valence-corrected chi connectivity index (χ4v) is 1.74. The Kier molecular flexibility index (Phi) is 5.40. The number of amides is 2. The van der Waals surface area contributed by atoms with Gasteiger partial charge in [-0.3, -0.25) is 14.4 Å². The molecule has 0 saturated carbocycles. The molecule has 7 heteroatoms. The van der Waals surface area contributed by atoms with Crippen LogP contribution in [0.1, 0.15) is 30.6 Å². The van der Waals surface area contributed by atoms with Gasteiger partial charge in [-0.15, -0.1) is 0 Å². The van der Waals surface area contributed by atoms with Crippen molar-refractivity contribution in [3.05, 3.63) is 35.6 Å². The van der Waals surface area contributed by atoms with Crippen molar-refractivity contribution < 1.29 is 23.9 Å². The number of carboxylic acids is 1. The maximum atomic E-state index is 13.0. The minimum atomic E-state index is -1.04. The van der Waals surface area contributed by atoms with E-state index in [1.54, 1.807) is 13.8 Å². The van der Waals surface area contributed by atoms with Crippen LogP contribution in [0.3, 0.4) is 0 Å². The van der Waals surface area contributed by atoms with Gasteiger partial charge in [-0.05, 0) is 32.0 Å². The molecule has 0 saturated heterocycles. The van der Waals surface area contributed by atoms with Crippen molar-refractivity contribution in [3.8, 4) is 0 Å². The fraction of sp³-hybridized carbons (Fsp3) is 0.357. The number of nitrogens with one attached hydrogen (secondary N) is 2. The average Bonchev–Trinajstić information content (AvgIpc) is 2.33. The number of hydrogen-bond acceptors (Lipinski definition) is 3. The van der Waals surface area contributed by atoms with E-state index in [0.717, 1.165) is 6.07 Å². The van der Waals surface area contributed by atoms with Crippen LogP contribution in [0.15, 0.2) is 24.3 Å². The molecule has 6 nitrogen and oxygen atoms in total. The molecule has 1 aromatic carbocycles. The van der Waals surface area contributed by atoms with Gasteiger partial charge in [-0.1, -0.05) is 6.07 Å². The number of carboxylic acid groups (broad SMARTS) is 1. The molecule has 21 heavy (non-hydrogen) atoms. The molecule has 1 rings (SSSR count). The van der Waals surface area contributed by atoms with Gasteiger partial charge in [-0.25, -0.2) is 4.39 Å². The van der Waals surface area contributed by atoms with Crippen LogP contribution in [0.4, 0.5) is 4.39 Å². The summed E-state index contributed by atoms with van der Waals surface area (Å²) in [6, 6.07) is 5.07. The van der Waals surface area contributed by atoms with Gasteiger partial charge >= 0.3 is 5.97 Å². The molecular weight excluding hydrogens is 279 g/mol. The van der Waals surface area contributed by atoms with Gasteiger partial charge in [0.05, 0.1) is 13.0 Å². The third-order valence-corrected chi connectivity index (χ3v) is 2.57. The Morgan fingerprint density at radius 2 is 1.95 bits per heavy atom. The Morgan fingerprint density at radius 1 is 1.29 bits per heavy atom. The summed E-state index contributed by atoms with van der Waals surface area (Å²) in [6.07, 6.45) is -0.240. The highest BCUT2D eigenvalue weighted by molar-refractivity contribution is 5.96. The van der Waals surface area contributed by atoms with E-state index < -0.39 is 29.1 Å². The Hall–Kier alpha value is -2.44. The largest absolute Gasteiger partial charge is 0.481 e. The van der Waals surface area contributed by atoms with Crippen molar-refractivity contribution >= 4 is 17.8 Å². The standard InChI is InChI=1S/C14H17FN2O4/c1-14(2,7-12(19)20)17-11(18)8-16-13(21)9-4-3-5-10(15)6-9/h3-6H,7-8H2,1-2H3,(H,16,21)(H,17,18)(H,19,20). The Labute approximate surface area is 121 Å². The quantitative estimate of drug-likeness (QED) is 0.727. The highest BCUT2D eigenvalue weighted by Crippen LogP contribution is 2.07. The van der Waals surface area contributed by atoms with E-state index >= 15 is 0 Å². The Bertz CT molecular complexity index is 558. The van der Waals surface area contributed by atoms with Gasteiger partial charge in [0.2, 0.25) is 5.91 Å². The first-order chi connectivity index (χ1) is 9.69. The number of hydrogen-bond donors (Lipinski definition) is 3. The summed E-state index contributed by atoms with van der Waals surface area (Å²) < 4.78 is 13.0. The first-order valence-corrected chi connectivity index (χ1v) is 6.26. The summed E-state index contributed by atoms with van der Waals surface area (Å²) in [5.74, 6) is -2.69. The van der Waals surface area contributed by atoms with Crippen LogP contribution in [0.5, 0.6) is 0 Å². The molecule has 0 spiro atoms. The second-order valence-corrected chi connectivity index (χ2v) is 5.20. The highest BCUT2D eigenvalue weighted by Gasteiger charge is 2.23. The van der Waals surface area contributed by atoms with Crippen LogP contribution in [0.2, 0.25) is 0 Å². The molecule has 3 N–H and O–H groups in total. The SMILES string of the molecule is CC(C)(CC(=O)O)NC(=O)CNC(=O)c1cccc(F)c1. The molecule has 114 valence electrons. The first kappa shape index (κ1) is 16.6. The number of rotatable bonds is 6. The smallest absolute Gasteiger partial charge is 0.305 e. The first-order valence-electron chi connectivity index (χ1n) is 6.26. The molecule has 0 bridgehead atoms. The van der Waals surface area contributed by atoms with Gasteiger partial charge in [0, 0.05) is 11.1 Å². The minimum absolute atomic E-state index is 0.104. The third kappa shape index (κ3) is 6.03. The molecule has 2 amide bonds. The molecular formula is C14H17FN2O4. The maximum absolute atomic E-state index is 13.0. The lowest BCUT2D eigenvalue weighted by Gasteiger charge is -2.24. The van der Waals surface area contributed by atoms with E-state index in [0.29, 0.717) is 0 Å². The summed E-state index contributed by atoms with van der Waals surface area (Å²) >= 11 is 0. The van der Waals surface area contributed by atoms with Crippen LogP contribution < -0.4 is 10.6 Å². The summed E-state index contributed by atoms with van der Waals surface area (Å²) in [5, 5.41) is 13.5. The topological polar surface area (TPSA) is 95.5 Å². The van der Waals surface area contributed by atoms with Crippen molar-refractivity contribution in [2.24, 2.45) is 0 Å². The zero-order valence-corrected chi connectivity index (χ0v) is 11.8. The number of benzene rings is 1. The number of halogens is 1. The van der Waals surface area contributed by atoms with Crippen molar-refractivity contribution in [2.75, 3.05) is 6.54 Å². The molecule has 0 fully saturated rings. The molecule has 0 aromatic heterocycles. The van der Waals surface area contributed by atoms with Crippen LogP contribution >= 0.6 is 0 Å². The molecule has 0 atom stereocenters. The van der Waals surface area contributed by atoms with E-state index in [1.165, 1.54) is 18.2 Å². The predicted octanol–water partition coefficient (Wildman–Crippen LogP) is 0.925. The third-order valence-electron chi connectivity index (χ3n) is 2.57. The summed E-state index contributed by atoms with van der Waals surface area (Å²) in [6.45, 7) is 2.80. The van der Waals surface area contributed by atoms with Crippen LogP contribution in [0, 0.1) is 5.82 Å². The zero-order chi connectivity index (χ0) is 16.0. The van der Waals surface area contributed by atoms with E-state index in [2.05, 4.69) is 10.6 Å². The number of carbonyl (C=O) groups is 3. The van der Waals surface area contributed by atoms with Gasteiger partial charge in [0.25, 0.3) is 5.91 Å². The molecule has 0 heterocycles. The van der Waals surface area contributed by atoms with Gasteiger partial charge in [0.15, 0.2) is 0 Å². The lowest BCUT2D eigenvalue weighted by atomic mass is 10.0. The zero-order valence-electron chi connectivity index (χ0n) is 11.8. The maximum Gasteiger partial charge on any atom is 0.305 e. The average molecular weight is 296 g/mol. The highest BCUT2D eigenvalue weighted by atomic mass is 19.1. The molecule has 0 aliphatic rings. The molecule has 1 aromatic rings. The molecule has 0 aliphatic carbocycles. The summed E-state index contributed by atoms with van der Waals surface area (Å²) in [5.41, 5.74) is -0.820. The second-order valence-electron chi connectivity index (χ2n) is 5.20.